The van der Waals surface area contributed by atoms with Gasteiger partial charge in [0, 0.05) is 16.6 Å². The molecule has 4 atom stereocenters. The van der Waals surface area contributed by atoms with E-state index in [2.05, 4.69) is 13.2 Å². The van der Waals surface area contributed by atoms with Crippen LogP contribution in [-0.4, -0.2) is 48.4 Å². The molecule has 0 radical (unpaired) electrons. The van der Waals surface area contributed by atoms with Crippen molar-refractivity contribution in [2.45, 2.75) is 20.3 Å². The molecule has 0 aromatic carbocycles. The molecule has 0 aromatic heterocycles. The van der Waals surface area contributed by atoms with E-state index in [0.29, 0.717) is 6.42 Å². The Balaban J connectivity index is 1.70. The Morgan fingerprint density at radius 2 is 1.78 bits per heavy atom. The smallest absolute Gasteiger partial charge is 0.333 e. The number of imide groups is 1. The maximum absolute atomic E-state index is 12.9. The summed E-state index contributed by atoms with van der Waals surface area (Å²) in [5, 5.41) is 0. The van der Waals surface area contributed by atoms with Crippen LogP contribution in [0.4, 0.5) is 0 Å². The van der Waals surface area contributed by atoms with Gasteiger partial charge in [-0.1, -0.05) is 25.3 Å². The van der Waals surface area contributed by atoms with Crippen LogP contribution in [0.3, 0.4) is 0 Å². The Bertz CT molecular complexity index is 781. The third-order valence-corrected chi connectivity index (χ3v) is 5.53. The molecule has 2 fully saturated rings. The normalized spacial score (nSPS) is 30.4. The van der Waals surface area contributed by atoms with Gasteiger partial charge in [-0.25, -0.2) is 9.59 Å². The highest BCUT2D eigenvalue weighted by atomic mass is 16.5. The summed E-state index contributed by atoms with van der Waals surface area (Å²) in [7, 11) is 0. The Labute approximate surface area is 157 Å². The summed E-state index contributed by atoms with van der Waals surface area (Å²) in [5.74, 6) is -2.65. The summed E-state index contributed by atoms with van der Waals surface area (Å²) < 4.78 is 10.3. The van der Waals surface area contributed by atoms with Crippen LogP contribution in [-0.2, 0) is 28.7 Å². The Kier molecular flexibility index (Phi) is 4.80. The van der Waals surface area contributed by atoms with Crippen LogP contribution in [0.15, 0.2) is 36.5 Å². The number of allylic oxidation sites excluding steroid dienone is 1. The van der Waals surface area contributed by atoms with E-state index in [1.807, 2.05) is 12.2 Å². The number of fused-ring (bicyclic) bond motifs is 5. The first-order valence-electron chi connectivity index (χ1n) is 8.88. The second kappa shape index (κ2) is 6.79. The number of ether oxygens (including phenoxy) is 2. The van der Waals surface area contributed by atoms with Crippen molar-refractivity contribution in [3.05, 3.63) is 36.5 Å². The molecular formula is C20H23NO6. The van der Waals surface area contributed by atoms with Crippen LogP contribution in [0, 0.1) is 23.2 Å². The lowest BCUT2D eigenvalue weighted by Gasteiger charge is -2.30. The second-order valence-electron chi connectivity index (χ2n) is 7.56. The number of carbonyl (C=O) groups excluding carboxylic acids is 4. The molecule has 2 bridgehead atoms. The highest BCUT2D eigenvalue weighted by Crippen LogP contribution is 2.60. The molecule has 4 unspecified atom stereocenters. The van der Waals surface area contributed by atoms with Crippen molar-refractivity contribution < 1.29 is 28.7 Å². The summed E-state index contributed by atoms with van der Waals surface area (Å²) in [4.78, 5) is 50.1. The fourth-order valence-corrected chi connectivity index (χ4v) is 4.25. The number of likely N-dealkylation sites (tertiary alicyclic amines) is 1. The fraction of sp³-hybridized carbons (Fsp3) is 0.500. The maximum atomic E-state index is 12.9. The third kappa shape index (κ3) is 3.11. The van der Waals surface area contributed by atoms with Crippen LogP contribution in [0.2, 0.25) is 0 Å². The standard InChI is InChI=1S/C20H23NO6/c1-11(2)18(24)26-8-7-21-16(22)14-13-5-6-20(9-13,15(14)17(21)23)10-27-19(25)12(3)4/h5-6,13-15H,1,3,7-10H2,2,4H3. The summed E-state index contributed by atoms with van der Waals surface area (Å²) >= 11 is 0. The predicted octanol–water partition coefficient (Wildman–Crippen LogP) is 1.40. The molecule has 1 aliphatic heterocycles. The van der Waals surface area contributed by atoms with Gasteiger partial charge >= 0.3 is 11.9 Å². The molecule has 0 N–H and O–H groups in total. The van der Waals surface area contributed by atoms with Crippen LogP contribution < -0.4 is 0 Å². The van der Waals surface area contributed by atoms with Crippen molar-refractivity contribution in [1.82, 2.24) is 4.90 Å². The van der Waals surface area contributed by atoms with Gasteiger partial charge in [0.2, 0.25) is 11.8 Å². The van der Waals surface area contributed by atoms with Gasteiger partial charge in [-0.05, 0) is 26.2 Å². The maximum Gasteiger partial charge on any atom is 0.333 e. The molecule has 7 heteroatoms. The second-order valence-corrected chi connectivity index (χ2v) is 7.56. The van der Waals surface area contributed by atoms with Crippen molar-refractivity contribution in [2.24, 2.45) is 23.2 Å². The molecule has 1 saturated carbocycles. The van der Waals surface area contributed by atoms with E-state index in [1.165, 1.54) is 6.92 Å². The molecule has 3 rings (SSSR count). The monoisotopic (exact) mass is 373 g/mol. The quantitative estimate of drug-likeness (QED) is 0.290. The highest BCUT2D eigenvalue weighted by molar-refractivity contribution is 6.06. The van der Waals surface area contributed by atoms with E-state index in [1.54, 1.807) is 6.92 Å². The van der Waals surface area contributed by atoms with Crippen LogP contribution >= 0.6 is 0 Å². The summed E-state index contributed by atoms with van der Waals surface area (Å²) in [6.07, 6.45) is 4.45. The van der Waals surface area contributed by atoms with Crippen molar-refractivity contribution in [2.75, 3.05) is 19.8 Å². The molecule has 1 heterocycles. The average molecular weight is 373 g/mol. The van der Waals surface area contributed by atoms with Crippen molar-refractivity contribution in [3.63, 3.8) is 0 Å². The third-order valence-electron chi connectivity index (χ3n) is 5.53. The number of esters is 2. The van der Waals surface area contributed by atoms with E-state index in [4.69, 9.17) is 9.47 Å². The number of carbonyl (C=O) groups is 4. The van der Waals surface area contributed by atoms with E-state index in [9.17, 15) is 19.2 Å². The molecule has 2 amide bonds. The molecule has 7 nitrogen and oxygen atoms in total. The molecule has 144 valence electrons. The lowest BCUT2D eigenvalue weighted by Crippen LogP contribution is -2.39. The molecular weight excluding hydrogens is 350 g/mol. The van der Waals surface area contributed by atoms with Crippen LogP contribution in [0.1, 0.15) is 20.3 Å². The number of hydrogen-bond donors (Lipinski definition) is 0. The Hall–Kier alpha value is -2.70. The number of hydrogen-bond acceptors (Lipinski definition) is 6. The zero-order chi connectivity index (χ0) is 19.9. The van der Waals surface area contributed by atoms with Crippen molar-refractivity contribution in [1.29, 1.82) is 0 Å². The number of amides is 2. The highest BCUT2D eigenvalue weighted by Gasteiger charge is 2.66. The average Bonchev–Trinajstić information content (AvgIpc) is 3.25. The first-order valence-corrected chi connectivity index (χ1v) is 8.88. The molecule has 27 heavy (non-hydrogen) atoms. The van der Waals surface area contributed by atoms with Gasteiger partial charge in [0.05, 0.1) is 18.4 Å². The lowest BCUT2D eigenvalue weighted by atomic mass is 9.75. The zero-order valence-electron chi connectivity index (χ0n) is 15.5. The molecule has 2 aliphatic carbocycles. The largest absolute Gasteiger partial charge is 0.461 e. The molecule has 1 saturated heterocycles. The first-order chi connectivity index (χ1) is 12.7. The zero-order valence-corrected chi connectivity index (χ0v) is 15.5. The van der Waals surface area contributed by atoms with Gasteiger partial charge in [-0.15, -0.1) is 0 Å². The molecule has 0 spiro atoms. The van der Waals surface area contributed by atoms with Gasteiger partial charge in [-0.2, -0.15) is 0 Å². The summed E-state index contributed by atoms with van der Waals surface area (Å²) in [5.41, 5.74) is -0.114. The fourth-order valence-electron chi connectivity index (χ4n) is 4.25. The Morgan fingerprint density at radius 1 is 1.15 bits per heavy atom. The van der Waals surface area contributed by atoms with Crippen molar-refractivity contribution in [3.8, 4) is 0 Å². The van der Waals surface area contributed by atoms with Gasteiger partial charge < -0.3 is 9.47 Å². The van der Waals surface area contributed by atoms with E-state index in [0.717, 1.165) is 4.90 Å². The van der Waals surface area contributed by atoms with Gasteiger partial charge in [-0.3, -0.25) is 14.5 Å². The number of nitrogens with zero attached hydrogens (tertiary/aromatic N) is 1. The van der Waals surface area contributed by atoms with E-state index < -0.39 is 29.2 Å². The minimum absolute atomic E-state index is 0.0119. The SMILES string of the molecule is C=C(C)C(=O)OCCN1C(=O)C2C3C=CC(COC(=O)C(=C)C)(C3)C2C1=O. The minimum Gasteiger partial charge on any atom is -0.461 e. The van der Waals surface area contributed by atoms with E-state index in [-0.39, 0.29) is 48.6 Å². The molecule has 0 aromatic rings. The first kappa shape index (κ1) is 19.1. The van der Waals surface area contributed by atoms with Gasteiger partial charge in [0.25, 0.3) is 0 Å². The van der Waals surface area contributed by atoms with Gasteiger partial charge in [0.1, 0.15) is 13.2 Å². The Morgan fingerprint density at radius 3 is 2.41 bits per heavy atom. The van der Waals surface area contributed by atoms with E-state index >= 15 is 0 Å². The van der Waals surface area contributed by atoms with Crippen LogP contribution in [0.25, 0.3) is 0 Å². The number of rotatable bonds is 7. The van der Waals surface area contributed by atoms with Crippen molar-refractivity contribution >= 4 is 23.8 Å². The summed E-state index contributed by atoms with van der Waals surface area (Å²) in [6.45, 7) is 10.1. The van der Waals surface area contributed by atoms with Gasteiger partial charge in [0.15, 0.2) is 0 Å². The molecule has 3 aliphatic rings. The predicted molar refractivity (Wildman–Crippen MR) is 94.9 cm³/mol. The minimum atomic E-state index is -0.656. The topological polar surface area (TPSA) is 90.0 Å². The summed E-state index contributed by atoms with van der Waals surface area (Å²) in [6, 6.07) is 0. The van der Waals surface area contributed by atoms with Crippen LogP contribution in [0.5, 0.6) is 0 Å². The lowest BCUT2D eigenvalue weighted by molar-refractivity contribution is -0.148.